The number of hydrogen-bond donors (Lipinski definition) is 0. The molecule has 2 aromatic carbocycles. The molecular formula is C22H20N2O2. The van der Waals surface area contributed by atoms with E-state index in [4.69, 9.17) is 25.9 Å². The second kappa shape index (κ2) is 7.45. The molecule has 0 saturated heterocycles. The SMILES string of the molecule is C#CCC(C1=N[C@@H](c2ccccc2)CO1)C1=N[C@@H](c2ccccc2)CO1. The van der Waals surface area contributed by atoms with Gasteiger partial charge in [0, 0.05) is 6.42 Å². The summed E-state index contributed by atoms with van der Waals surface area (Å²) >= 11 is 0. The second-order valence-corrected chi connectivity index (χ2v) is 6.37. The van der Waals surface area contributed by atoms with Crippen LogP contribution in [0.2, 0.25) is 0 Å². The smallest absolute Gasteiger partial charge is 0.197 e. The lowest BCUT2D eigenvalue weighted by atomic mass is 10.1. The van der Waals surface area contributed by atoms with Gasteiger partial charge in [-0.25, -0.2) is 9.98 Å². The average Bonchev–Trinajstić information content (AvgIpc) is 3.38. The van der Waals surface area contributed by atoms with Crippen molar-refractivity contribution in [3.63, 3.8) is 0 Å². The lowest BCUT2D eigenvalue weighted by molar-refractivity contribution is 0.285. The maximum absolute atomic E-state index is 5.88. The van der Waals surface area contributed by atoms with Gasteiger partial charge in [0.2, 0.25) is 0 Å². The summed E-state index contributed by atoms with van der Waals surface area (Å²) in [6, 6.07) is 20.3. The molecule has 0 aliphatic carbocycles. The predicted octanol–water partition coefficient (Wildman–Crippen LogP) is 3.97. The Morgan fingerprint density at radius 3 is 1.73 bits per heavy atom. The van der Waals surface area contributed by atoms with Crippen LogP contribution in [0.1, 0.15) is 29.6 Å². The molecule has 26 heavy (non-hydrogen) atoms. The van der Waals surface area contributed by atoms with E-state index in [1.165, 1.54) is 0 Å². The van der Waals surface area contributed by atoms with Crippen LogP contribution >= 0.6 is 0 Å². The van der Waals surface area contributed by atoms with Crippen LogP contribution in [0.3, 0.4) is 0 Å². The van der Waals surface area contributed by atoms with Gasteiger partial charge in [-0.1, -0.05) is 60.7 Å². The highest BCUT2D eigenvalue weighted by Crippen LogP contribution is 2.30. The third kappa shape index (κ3) is 3.34. The van der Waals surface area contributed by atoms with Gasteiger partial charge in [-0.05, 0) is 11.1 Å². The predicted molar refractivity (Wildman–Crippen MR) is 102 cm³/mol. The summed E-state index contributed by atoms with van der Waals surface area (Å²) in [7, 11) is 0. The largest absolute Gasteiger partial charge is 0.478 e. The normalized spacial score (nSPS) is 21.5. The van der Waals surface area contributed by atoms with Gasteiger partial charge in [0.25, 0.3) is 0 Å². The number of terminal acetylenes is 1. The van der Waals surface area contributed by atoms with Crippen molar-refractivity contribution in [1.29, 1.82) is 0 Å². The summed E-state index contributed by atoms with van der Waals surface area (Å²) in [5, 5.41) is 0. The monoisotopic (exact) mass is 344 g/mol. The molecule has 2 atom stereocenters. The molecule has 2 aliphatic heterocycles. The molecule has 0 amide bonds. The van der Waals surface area contributed by atoms with E-state index in [-0.39, 0.29) is 18.0 Å². The summed E-state index contributed by atoms with van der Waals surface area (Å²) in [6.45, 7) is 1.05. The first-order valence-electron chi connectivity index (χ1n) is 8.79. The number of aliphatic imine (C=N–C) groups is 2. The highest BCUT2D eigenvalue weighted by molar-refractivity contribution is 6.01. The average molecular weight is 344 g/mol. The molecule has 2 aliphatic rings. The Kier molecular flexibility index (Phi) is 4.70. The molecule has 0 spiro atoms. The minimum absolute atomic E-state index is 0.00148. The third-order valence-corrected chi connectivity index (χ3v) is 4.63. The van der Waals surface area contributed by atoms with Crippen molar-refractivity contribution in [3.8, 4) is 12.3 Å². The number of rotatable bonds is 5. The maximum Gasteiger partial charge on any atom is 0.197 e. The van der Waals surface area contributed by atoms with Gasteiger partial charge < -0.3 is 9.47 Å². The van der Waals surface area contributed by atoms with Crippen LogP contribution in [0.15, 0.2) is 70.6 Å². The fourth-order valence-corrected chi connectivity index (χ4v) is 3.26. The molecule has 0 radical (unpaired) electrons. The number of nitrogens with zero attached hydrogens (tertiary/aromatic N) is 2. The van der Waals surface area contributed by atoms with E-state index in [9.17, 15) is 0 Å². The number of benzene rings is 2. The Balaban J connectivity index is 1.56. The van der Waals surface area contributed by atoms with E-state index >= 15 is 0 Å². The first-order valence-corrected chi connectivity index (χ1v) is 8.79. The molecule has 0 bridgehead atoms. The minimum Gasteiger partial charge on any atom is -0.478 e. The van der Waals surface area contributed by atoms with Crippen molar-refractivity contribution in [2.24, 2.45) is 15.9 Å². The van der Waals surface area contributed by atoms with Crippen molar-refractivity contribution in [1.82, 2.24) is 0 Å². The first-order chi connectivity index (χ1) is 12.8. The van der Waals surface area contributed by atoms with E-state index in [2.05, 4.69) is 30.2 Å². The summed E-state index contributed by atoms with van der Waals surface area (Å²) in [6.07, 6.45) is 6.04. The Morgan fingerprint density at radius 1 is 0.846 bits per heavy atom. The van der Waals surface area contributed by atoms with E-state index in [1.807, 2.05) is 36.4 Å². The fraction of sp³-hybridized carbons (Fsp3) is 0.273. The molecule has 0 fully saturated rings. The van der Waals surface area contributed by atoms with E-state index < -0.39 is 0 Å². The second-order valence-electron chi connectivity index (χ2n) is 6.37. The van der Waals surface area contributed by atoms with Crippen LogP contribution in [0, 0.1) is 18.3 Å². The molecule has 0 unspecified atom stereocenters. The lowest BCUT2D eigenvalue weighted by Gasteiger charge is -2.13. The summed E-state index contributed by atoms with van der Waals surface area (Å²) in [4.78, 5) is 9.52. The van der Waals surface area contributed by atoms with Crippen molar-refractivity contribution >= 4 is 11.8 Å². The molecule has 4 rings (SSSR count). The molecule has 4 nitrogen and oxygen atoms in total. The van der Waals surface area contributed by atoms with Gasteiger partial charge in [0.05, 0.1) is 0 Å². The molecule has 0 aromatic heterocycles. The van der Waals surface area contributed by atoms with Crippen LogP contribution in [-0.4, -0.2) is 25.0 Å². The van der Waals surface area contributed by atoms with Crippen molar-refractivity contribution in [3.05, 3.63) is 71.8 Å². The highest BCUT2D eigenvalue weighted by Gasteiger charge is 2.34. The van der Waals surface area contributed by atoms with Gasteiger partial charge in [-0.2, -0.15) is 0 Å². The lowest BCUT2D eigenvalue weighted by Crippen LogP contribution is -2.24. The topological polar surface area (TPSA) is 43.2 Å². The van der Waals surface area contributed by atoms with Gasteiger partial charge >= 0.3 is 0 Å². The zero-order valence-corrected chi connectivity index (χ0v) is 14.4. The van der Waals surface area contributed by atoms with Crippen LogP contribution in [0.4, 0.5) is 0 Å². The minimum atomic E-state index is -0.220. The number of ether oxygens (including phenoxy) is 2. The zero-order chi connectivity index (χ0) is 17.8. The van der Waals surface area contributed by atoms with E-state index in [0.717, 1.165) is 11.1 Å². The standard InChI is InChI=1S/C22H20N2O2/c1-2-9-18(21-23-19(14-25-21)16-10-5-3-6-11-16)22-24-20(15-26-22)17-12-7-4-8-13-17/h1,3-8,10-13,18-20H,9,14-15H2/t19-,20-/m1/s1. The summed E-state index contributed by atoms with van der Waals surface area (Å²) in [5.74, 6) is 3.75. The molecule has 4 heteroatoms. The van der Waals surface area contributed by atoms with Crippen LogP contribution in [0.5, 0.6) is 0 Å². The van der Waals surface area contributed by atoms with Gasteiger partial charge in [-0.15, -0.1) is 12.3 Å². The quantitative estimate of drug-likeness (QED) is 0.771. The molecule has 2 aromatic rings. The van der Waals surface area contributed by atoms with Crippen molar-refractivity contribution in [2.75, 3.05) is 13.2 Å². The highest BCUT2D eigenvalue weighted by atomic mass is 16.5. The molecule has 2 heterocycles. The molecule has 0 N–H and O–H groups in total. The third-order valence-electron chi connectivity index (χ3n) is 4.63. The zero-order valence-electron chi connectivity index (χ0n) is 14.4. The van der Waals surface area contributed by atoms with E-state index in [1.54, 1.807) is 0 Å². The Bertz CT molecular complexity index is 787. The van der Waals surface area contributed by atoms with Gasteiger partial charge in [-0.3, -0.25) is 0 Å². The van der Waals surface area contributed by atoms with Crippen LogP contribution < -0.4 is 0 Å². The molecular weight excluding hydrogens is 324 g/mol. The van der Waals surface area contributed by atoms with Gasteiger partial charge in [0.1, 0.15) is 31.2 Å². The fourth-order valence-electron chi connectivity index (χ4n) is 3.26. The van der Waals surface area contributed by atoms with Crippen LogP contribution in [-0.2, 0) is 9.47 Å². The van der Waals surface area contributed by atoms with Crippen molar-refractivity contribution < 1.29 is 9.47 Å². The number of hydrogen-bond acceptors (Lipinski definition) is 4. The Hall–Kier alpha value is -3.06. The van der Waals surface area contributed by atoms with Crippen LogP contribution in [0.25, 0.3) is 0 Å². The van der Waals surface area contributed by atoms with Gasteiger partial charge in [0.15, 0.2) is 11.8 Å². The Morgan fingerprint density at radius 2 is 1.31 bits per heavy atom. The summed E-state index contributed by atoms with van der Waals surface area (Å²) < 4.78 is 11.8. The molecule has 130 valence electrons. The first kappa shape index (κ1) is 16.4. The van der Waals surface area contributed by atoms with E-state index in [0.29, 0.717) is 31.4 Å². The Labute approximate surface area is 153 Å². The van der Waals surface area contributed by atoms with Crippen molar-refractivity contribution in [2.45, 2.75) is 18.5 Å². The molecule has 0 saturated carbocycles. The summed E-state index contributed by atoms with van der Waals surface area (Å²) in [5.41, 5.74) is 2.27. The maximum atomic E-state index is 5.88.